The van der Waals surface area contributed by atoms with Gasteiger partial charge in [-0.25, -0.2) is 9.97 Å². The summed E-state index contributed by atoms with van der Waals surface area (Å²) in [5.41, 5.74) is 8.89. The van der Waals surface area contributed by atoms with Crippen molar-refractivity contribution >= 4 is 34.2 Å². The number of pyridine rings is 1. The van der Waals surface area contributed by atoms with Crippen LogP contribution in [-0.4, -0.2) is 79.0 Å². The van der Waals surface area contributed by atoms with Gasteiger partial charge < -0.3 is 30.0 Å². The highest BCUT2D eigenvalue weighted by Crippen LogP contribution is 2.29. The Balaban J connectivity index is 0.000000396. The van der Waals surface area contributed by atoms with Crippen LogP contribution >= 0.6 is 0 Å². The van der Waals surface area contributed by atoms with Gasteiger partial charge in [0.25, 0.3) is 0 Å². The number of carbonyl (C=O) groups excluding carboxylic acids is 1. The quantitative estimate of drug-likeness (QED) is 0.328. The van der Waals surface area contributed by atoms with Crippen LogP contribution in [0.15, 0.2) is 24.3 Å². The van der Waals surface area contributed by atoms with Crippen molar-refractivity contribution in [3.63, 3.8) is 0 Å². The van der Waals surface area contributed by atoms with Gasteiger partial charge in [-0.3, -0.25) is 4.79 Å². The number of nitrogens with two attached hydrogens (primary N) is 1. The van der Waals surface area contributed by atoms with E-state index in [9.17, 15) is 4.79 Å². The third-order valence-corrected chi connectivity index (χ3v) is 5.83. The first-order chi connectivity index (χ1) is 16.7. The molecule has 1 fully saturated rings. The topological polar surface area (TPSA) is 108 Å². The van der Waals surface area contributed by atoms with Crippen molar-refractivity contribution in [1.82, 2.24) is 24.8 Å². The van der Waals surface area contributed by atoms with Gasteiger partial charge in [-0.15, -0.1) is 0 Å². The highest BCUT2D eigenvalue weighted by molar-refractivity contribution is 6.06. The number of hydrogen-bond acceptors (Lipinski definition) is 7. The van der Waals surface area contributed by atoms with Crippen molar-refractivity contribution in [2.45, 2.75) is 39.2 Å². The molecular weight excluding hydrogens is 432 g/mol. The molecule has 9 nitrogen and oxygen atoms in total. The predicted molar refractivity (Wildman–Crippen MR) is 136 cm³/mol. The molecule has 0 radical (unpaired) electrons. The fourth-order valence-electron chi connectivity index (χ4n) is 3.92. The Morgan fingerprint density at radius 2 is 1.97 bits per heavy atom. The maximum atomic E-state index is 10.3. The Labute approximate surface area is 201 Å². The number of nitrogen functional groups attached to an aromatic ring is 1. The second-order valence-electron chi connectivity index (χ2n) is 8.45. The number of aryl methyl sites for hydroxylation is 1. The number of benzene rings is 1. The molecule has 1 aliphatic heterocycles. The molecule has 9 heteroatoms. The molecule has 3 heterocycles. The molecule has 1 aliphatic rings. The molecule has 0 atom stereocenters. The highest BCUT2D eigenvalue weighted by Gasteiger charge is 2.16. The minimum absolute atomic E-state index is 0.473. The summed E-state index contributed by atoms with van der Waals surface area (Å²) in [6, 6.07) is 8.03. The van der Waals surface area contributed by atoms with E-state index in [4.69, 9.17) is 20.2 Å². The van der Waals surface area contributed by atoms with E-state index in [1.165, 1.54) is 0 Å². The normalized spacial score (nSPS) is 14.2. The number of aromatic nitrogens is 3. The van der Waals surface area contributed by atoms with Gasteiger partial charge in [-0.1, -0.05) is 31.5 Å². The summed E-state index contributed by atoms with van der Waals surface area (Å²) in [6.45, 7) is 8.74. The van der Waals surface area contributed by atoms with E-state index in [1.807, 2.05) is 18.2 Å². The van der Waals surface area contributed by atoms with Crippen molar-refractivity contribution in [3.8, 4) is 0 Å². The van der Waals surface area contributed by atoms with E-state index in [0.29, 0.717) is 38.5 Å². The lowest BCUT2D eigenvalue weighted by atomic mass is 10.2. The number of amides is 1. The van der Waals surface area contributed by atoms with Gasteiger partial charge >= 0.3 is 0 Å². The van der Waals surface area contributed by atoms with Crippen LogP contribution in [0, 0.1) is 0 Å². The molecule has 1 saturated heterocycles. The Morgan fingerprint density at radius 1 is 1.18 bits per heavy atom. The molecule has 1 amide bonds. The summed E-state index contributed by atoms with van der Waals surface area (Å²) >= 11 is 0. The maximum Gasteiger partial charge on any atom is 0.207 e. The first-order valence-electron chi connectivity index (χ1n) is 12.2. The van der Waals surface area contributed by atoms with E-state index in [2.05, 4.69) is 39.8 Å². The Hall–Kier alpha value is -2.75. The number of para-hydroxylation sites is 1. The second-order valence-corrected chi connectivity index (χ2v) is 8.45. The van der Waals surface area contributed by atoms with Crippen LogP contribution in [0.5, 0.6) is 0 Å². The molecule has 0 spiro atoms. The first-order valence-corrected chi connectivity index (χ1v) is 12.2. The summed E-state index contributed by atoms with van der Waals surface area (Å²) in [6.07, 6.45) is 4.60. The number of anilines is 1. The van der Waals surface area contributed by atoms with Gasteiger partial charge in [0.05, 0.1) is 30.9 Å². The SMILES string of the molecule is CCCCc1nc2c(N)nc3ccccc3c2n1CCOCCCNC=O.CN1CCOCC1. The molecule has 0 unspecified atom stereocenters. The largest absolute Gasteiger partial charge is 0.382 e. The fraction of sp³-hybridized carbons (Fsp3) is 0.560. The molecule has 3 aromatic rings. The zero-order chi connectivity index (χ0) is 24.2. The molecule has 1 aromatic carbocycles. The van der Waals surface area contributed by atoms with Crippen LogP contribution in [0.1, 0.15) is 32.0 Å². The molecule has 0 saturated carbocycles. The number of nitrogens with zero attached hydrogens (tertiary/aromatic N) is 4. The summed E-state index contributed by atoms with van der Waals surface area (Å²) < 4.78 is 13.1. The number of ether oxygens (including phenoxy) is 2. The maximum absolute atomic E-state index is 10.3. The van der Waals surface area contributed by atoms with Crippen LogP contribution in [0.2, 0.25) is 0 Å². The van der Waals surface area contributed by atoms with Gasteiger partial charge in [0.15, 0.2) is 5.82 Å². The van der Waals surface area contributed by atoms with Crippen molar-refractivity contribution < 1.29 is 14.3 Å². The summed E-state index contributed by atoms with van der Waals surface area (Å²) in [5, 5.41) is 3.70. The zero-order valence-corrected chi connectivity index (χ0v) is 20.5. The highest BCUT2D eigenvalue weighted by atomic mass is 16.5. The molecule has 34 heavy (non-hydrogen) atoms. The Morgan fingerprint density at radius 3 is 2.68 bits per heavy atom. The lowest BCUT2D eigenvalue weighted by Gasteiger charge is -2.21. The minimum atomic E-state index is 0.473. The number of fused-ring (bicyclic) bond motifs is 3. The molecule has 186 valence electrons. The van der Waals surface area contributed by atoms with Crippen LogP contribution in [0.4, 0.5) is 5.82 Å². The average Bonchev–Trinajstić information content (AvgIpc) is 3.22. The number of morpholine rings is 1. The summed E-state index contributed by atoms with van der Waals surface area (Å²) in [7, 11) is 2.11. The molecule has 0 aliphatic carbocycles. The lowest BCUT2D eigenvalue weighted by Crippen LogP contribution is -2.32. The second kappa shape index (κ2) is 13.8. The monoisotopic (exact) mass is 470 g/mol. The van der Waals surface area contributed by atoms with E-state index < -0.39 is 0 Å². The lowest BCUT2D eigenvalue weighted by molar-refractivity contribution is -0.109. The molecule has 3 N–H and O–H groups in total. The van der Waals surface area contributed by atoms with Crippen molar-refractivity contribution in [2.24, 2.45) is 0 Å². The van der Waals surface area contributed by atoms with E-state index in [0.717, 1.165) is 79.7 Å². The molecule has 0 bridgehead atoms. The van der Waals surface area contributed by atoms with Gasteiger partial charge in [0.2, 0.25) is 6.41 Å². The number of imidazole rings is 1. The number of hydrogen-bond donors (Lipinski definition) is 2. The third-order valence-electron chi connectivity index (χ3n) is 5.83. The van der Waals surface area contributed by atoms with Crippen molar-refractivity contribution in [1.29, 1.82) is 0 Å². The average molecular weight is 471 g/mol. The predicted octanol–water partition coefficient (Wildman–Crippen LogP) is 2.61. The smallest absolute Gasteiger partial charge is 0.207 e. The summed E-state index contributed by atoms with van der Waals surface area (Å²) in [4.78, 5) is 21.8. The van der Waals surface area contributed by atoms with Crippen LogP contribution in [-0.2, 0) is 27.2 Å². The summed E-state index contributed by atoms with van der Waals surface area (Å²) in [5.74, 6) is 1.50. The van der Waals surface area contributed by atoms with E-state index >= 15 is 0 Å². The van der Waals surface area contributed by atoms with Gasteiger partial charge in [-0.2, -0.15) is 0 Å². The number of rotatable bonds is 11. The van der Waals surface area contributed by atoms with Gasteiger partial charge in [0, 0.05) is 44.6 Å². The van der Waals surface area contributed by atoms with Crippen LogP contribution in [0.25, 0.3) is 21.9 Å². The Bertz CT molecular complexity index is 1030. The van der Waals surface area contributed by atoms with Crippen LogP contribution < -0.4 is 11.1 Å². The third kappa shape index (κ3) is 7.12. The van der Waals surface area contributed by atoms with Crippen molar-refractivity contribution in [3.05, 3.63) is 30.1 Å². The zero-order valence-electron chi connectivity index (χ0n) is 20.5. The molecular formula is C25H38N6O3. The van der Waals surface area contributed by atoms with Gasteiger partial charge in [-0.05, 0) is 26.0 Å². The van der Waals surface area contributed by atoms with Crippen LogP contribution in [0.3, 0.4) is 0 Å². The number of unbranched alkanes of at least 4 members (excludes halogenated alkanes) is 1. The number of carbonyl (C=O) groups is 1. The molecule has 2 aromatic heterocycles. The van der Waals surface area contributed by atoms with E-state index in [1.54, 1.807) is 0 Å². The number of likely N-dealkylation sites (N-methyl/N-ethyl adjacent to an activating group) is 1. The Kier molecular flexibility index (Phi) is 10.5. The fourth-order valence-corrected chi connectivity index (χ4v) is 3.92. The van der Waals surface area contributed by atoms with Crippen molar-refractivity contribution in [2.75, 3.05) is 58.8 Å². The number of nitrogens with one attached hydrogen (secondary N) is 1. The molecule has 4 rings (SSSR count). The van der Waals surface area contributed by atoms with E-state index in [-0.39, 0.29) is 0 Å². The minimum Gasteiger partial charge on any atom is -0.382 e. The standard InChI is InChI=1S/C20H27N5O2.C5H11NO/c1-2-3-9-17-24-18-19(15-7-4-5-8-16(15)23-20(18)21)25(17)11-13-27-12-6-10-22-14-26;1-6-2-4-7-5-3-6/h4-5,7-8,14H,2-3,6,9-13H2,1H3,(H2,21,23)(H,22,26);2-5H2,1H3. The first kappa shape index (κ1) is 25.9. The van der Waals surface area contributed by atoms with Gasteiger partial charge in [0.1, 0.15) is 11.3 Å².